The molecule has 4 heteroatoms. The Balaban J connectivity index is 1.91. The second kappa shape index (κ2) is 7.58. The quantitative estimate of drug-likeness (QED) is 0.821. The number of halogens is 1. The van der Waals surface area contributed by atoms with Crippen molar-refractivity contribution in [2.24, 2.45) is 5.92 Å². The third-order valence-corrected chi connectivity index (χ3v) is 3.69. The largest absolute Gasteiger partial charge is 0.395 e. The predicted octanol–water partition coefficient (Wildman–Crippen LogP) is 1.62. The van der Waals surface area contributed by atoms with Gasteiger partial charge in [0.05, 0.1) is 6.61 Å². The topological polar surface area (TPSA) is 35.5 Å². The maximum Gasteiger partial charge on any atom is 0.123 e. The summed E-state index contributed by atoms with van der Waals surface area (Å²) in [5, 5.41) is 12.5. The highest BCUT2D eigenvalue weighted by atomic mass is 19.1. The van der Waals surface area contributed by atoms with Gasteiger partial charge in [-0.1, -0.05) is 12.1 Å². The maximum absolute atomic E-state index is 13.2. The maximum atomic E-state index is 13.2. The molecule has 1 saturated heterocycles. The summed E-state index contributed by atoms with van der Waals surface area (Å²) in [6, 6.07) is 6.72. The molecule has 1 fully saturated rings. The van der Waals surface area contributed by atoms with Crippen molar-refractivity contribution in [2.45, 2.75) is 19.4 Å². The Morgan fingerprint density at radius 3 is 2.79 bits per heavy atom. The first-order valence-electron chi connectivity index (χ1n) is 7.06. The smallest absolute Gasteiger partial charge is 0.123 e. The Bertz CT molecular complexity index is 380. The molecule has 1 heterocycles. The number of piperidine rings is 1. The van der Waals surface area contributed by atoms with Crippen LogP contribution in [-0.2, 0) is 6.54 Å². The summed E-state index contributed by atoms with van der Waals surface area (Å²) >= 11 is 0. The minimum absolute atomic E-state index is 0.153. The van der Waals surface area contributed by atoms with E-state index in [1.807, 2.05) is 6.07 Å². The van der Waals surface area contributed by atoms with Crippen LogP contribution < -0.4 is 5.32 Å². The van der Waals surface area contributed by atoms with Gasteiger partial charge in [-0.2, -0.15) is 0 Å². The number of benzene rings is 1. The molecule has 0 radical (unpaired) electrons. The number of hydrogen-bond donors (Lipinski definition) is 2. The minimum atomic E-state index is -0.191. The van der Waals surface area contributed by atoms with Crippen molar-refractivity contribution in [3.05, 3.63) is 35.6 Å². The molecule has 0 atom stereocenters. The predicted molar refractivity (Wildman–Crippen MR) is 74.4 cm³/mol. The fraction of sp³-hybridized carbons (Fsp3) is 0.600. The van der Waals surface area contributed by atoms with Crippen LogP contribution in [0.4, 0.5) is 4.39 Å². The molecule has 19 heavy (non-hydrogen) atoms. The first kappa shape index (κ1) is 14.4. The summed E-state index contributed by atoms with van der Waals surface area (Å²) in [4.78, 5) is 2.23. The fourth-order valence-corrected chi connectivity index (χ4v) is 2.70. The molecule has 1 aromatic carbocycles. The van der Waals surface area contributed by atoms with Gasteiger partial charge in [-0.3, -0.25) is 4.90 Å². The number of aliphatic hydroxyl groups is 1. The lowest BCUT2D eigenvalue weighted by Gasteiger charge is -2.29. The zero-order valence-electron chi connectivity index (χ0n) is 11.3. The molecule has 0 unspecified atom stereocenters. The van der Waals surface area contributed by atoms with Gasteiger partial charge in [-0.15, -0.1) is 0 Å². The summed E-state index contributed by atoms with van der Waals surface area (Å²) in [5.41, 5.74) is 0.974. The van der Waals surface area contributed by atoms with Crippen molar-refractivity contribution in [3.8, 4) is 0 Å². The summed E-state index contributed by atoms with van der Waals surface area (Å²) in [5.74, 6) is 0.490. The second-order valence-electron chi connectivity index (χ2n) is 5.28. The summed E-state index contributed by atoms with van der Waals surface area (Å²) in [6.07, 6.45) is 2.37. The van der Waals surface area contributed by atoms with Crippen LogP contribution in [0.25, 0.3) is 0 Å². The molecule has 2 N–H and O–H groups in total. The van der Waals surface area contributed by atoms with E-state index in [0.29, 0.717) is 19.0 Å². The molecule has 3 nitrogen and oxygen atoms in total. The molecule has 106 valence electrons. The molecule has 0 amide bonds. The van der Waals surface area contributed by atoms with Gasteiger partial charge in [0, 0.05) is 19.6 Å². The molecule has 0 saturated carbocycles. The molecule has 1 aliphatic heterocycles. The van der Waals surface area contributed by atoms with Crippen molar-refractivity contribution in [1.82, 2.24) is 10.2 Å². The number of rotatable bonds is 6. The number of aliphatic hydroxyl groups excluding tert-OH is 1. The van der Waals surface area contributed by atoms with Crippen LogP contribution in [0.5, 0.6) is 0 Å². The third kappa shape index (κ3) is 4.90. The van der Waals surface area contributed by atoms with Gasteiger partial charge in [-0.05, 0) is 49.5 Å². The lowest BCUT2D eigenvalue weighted by Crippen LogP contribution is -2.37. The Hall–Kier alpha value is -0.970. The monoisotopic (exact) mass is 266 g/mol. The molecule has 0 aliphatic carbocycles. The third-order valence-electron chi connectivity index (χ3n) is 3.69. The van der Waals surface area contributed by atoms with Crippen molar-refractivity contribution >= 4 is 0 Å². The van der Waals surface area contributed by atoms with Crippen LogP contribution >= 0.6 is 0 Å². The molecular weight excluding hydrogens is 243 g/mol. The normalized spacial score (nSPS) is 17.0. The van der Waals surface area contributed by atoms with Crippen molar-refractivity contribution in [1.29, 1.82) is 0 Å². The van der Waals surface area contributed by atoms with E-state index >= 15 is 0 Å². The Morgan fingerprint density at radius 2 is 2.11 bits per heavy atom. The Labute approximate surface area is 114 Å². The first-order valence-corrected chi connectivity index (χ1v) is 7.06. The highest BCUT2D eigenvalue weighted by Gasteiger charge is 2.17. The average Bonchev–Trinajstić information content (AvgIpc) is 2.40. The average molecular weight is 266 g/mol. The van der Waals surface area contributed by atoms with Crippen molar-refractivity contribution in [3.63, 3.8) is 0 Å². The van der Waals surface area contributed by atoms with Gasteiger partial charge in [0.25, 0.3) is 0 Å². The van der Waals surface area contributed by atoms with Crippen LogP contribution in [-0.4, -0.2) is 42.8 Å². The summed E-state index contributed by atoms with van der Waals surface area (Å²) in [7, 11) is 0. The molecule has 0 bridgehead atoms. The van der Waals surface area contributed by atoms with Crippen LogP contribution in [0, 0.1) is 11.7 Å². The van der Waals surface area contributed by atoms with E-state index in [1.165, 1.54) is 18.9 Å². The molecular formula is C15H23FN2O. The van der Waals surface area contributed by atoms with Crippen LogP contribution in [0.3, 0.4) is 0 Å². The van der Waals surface area contributed by atoms with E-state index in [2.05, 4.69) is 10.2 Å². The number of nitrogens with zero attached hydrogens (tertiary/aromatic N) is 1. The van der Waals surface area contributed by atoms with Gasteiger partial charge in [0.1, 0.15) is 5.82 Å². The molecule has 0 spiro atoms. The van der Waals surface area contributed by atoms with Crippen LogP contribution in [0.2, 0.25) is 0 Å². The van der Waals surface area contributed by atoms with Gasteiger partial charge >= 0.3 is 0 Å². The Kier molecular flexibility index (Phi) is 5.76. The summed E-state index contributed by atoms with van der Waals surface area (Å²) in [6.45, 7) is 4.66. The first-order chi connectivity index (χ1) is 9.28. The second-order valence-corrected chi connectivity index (χ2v) is 5.28. The minimum Gasteiger partial charge on any atom is -0.395 e. The van der Waals surface area contributed by atoms with E-state index in [-0.39, 0.29) is 12.4 Å². The van der Waals surface area contributed by atoms with Gasteiger partial charge in [-0.25, -0.2) is 4.39 Å². The zero-order chi connectivity index (χ0) is 13.5. The van der Waals surface area contributed by atoms with E-state index < -0.39 is 0 Å². The van der Waals surface area contributed by atoms with Crippen molar-refractivity contribution < 1.29 is 9.50 Å². The highest BCUT2D eigenvalue weighted by Crippen LogP contribution is 2.15. The zero-order valence-corrected chi connectivity index (χ0v) is 11.3. The molecule has 1 aromatic rings. The SMILES string of the molecule is OCCN(Cc1cccc(F)c1)CC1CCNCC1. The molecule has 2 rings (SSSR count). The van der Waals surface area contributed by atoms with Gasteiger partial charge in [0.15, 0.2) is 0 Å². The van der Waals surface area contributed by atoms with Gasteiger partial charge in [0.2, 0.25) is 0 Å². The standard InChI is InChI=1S/C15H23FN2O/c16-15-3-1-2-14(10-15)12-18(8-9-19)11-13-4-6-17-7-5-13/h1-3,10,13,17,19H,4-9,11-12H2. The highest BCUT2D eigenvalue weighted by molar-refractivity contribution is 5.16. The molecule has 1 aliphatic rings. The number of nitrogens with one attached hydrogen (secondary N) is 1. The van der Waals surface area contributed by atoms with Gasteiger partial charge < -0.3 is 10.4 Å². The van der Waals surface area contributed by atoms with E-state index in [4.69, 9.17) is 0 Å². The lowest BCUT2D eigenvalue weighted by molar-refractivity contribution is 0.157. The fourth-order valence-electron chi connectivity index (χ4n) is 2.70. The van der Waals surface area contributed by atoms with E-state index in [0.717, 1.165) is 25.2 Å². The van der Waals surface area contributed by atoms with Crippen LogP contribution in [0.1, 0.15) is 18.4 Å². The van der Waals surface area contributed by atoms with E-state index in [9.17, 15) is 9.50 Å². The molecule has 0 aromatic heterocycles. The van der Waals surface area contributed by atoms with Crippen LogP contribution in [0.15, 0.2) is 24.3 Å². The number of hydrogen-bond acceptors (Lipinski definition) is 3. The Morgan fingerprint density at radius 1 is 1.32 bits per heavy atom. The summed E-state index contributed by atoms with van der Waals surface area (Å²) < 4.78 is 13.2. The van der Waals surface area contributed by atoms with Crippen molar-refractivity contribution in [2.75, 3.05) is 32.8 Å². The lowest BCUT2D eigenvalue weighted by atomic mass is 9.97. The van der Waals surface area contributed by atoms with E-state index in [1.54, 1.807) is 12.1 Å².